The molecule has 1 saturated heterocycles. The minimum absolute atomic E-state index is 1.00. The van der Waals surface area contributed by atoms with Gasteiger partial charge in [-0.3, -0.25) is 5.01 Å². The smallest absolute Gasteiger partial charge is 0.0991 e. The van der Waals surface area contributed by atoms with Crippen LogP contribution >= 0.6 is 0 Å². The first kappa shape index (κ1) is 12.9. The zero-order chi connectivity index (χ0) is 13.8. The van der Waals surface area contributed by atoms with Crippen molar-refractivity contribution in [2.45, 2.75) is 0 Å². The zero-order valence-corrected chi connectivity index (χ0v) is 11.7. The van der Waals surface area contributed by atoms with Crippen LogP contribution in [0.5, 0.6) is 0 Å². The van der Waals surface area contributed by atoms with E-state index in [-0.39, 0.29) is 0 Å². The lowest BCUT2D eigenvalue weighted by Gasteiger charge is -2.30. The summed E-state index contributed by atoms with van der Waals surface area (Å²) in [7, 11) is 2.15. The van der Waals surface area contributed by atoms with Gasteiger partial charge in [-0.15, -0.1) is 0 Å². The van der Waals surface area contributed by atoms with E-state index in [2.05, 4.69) is 51.3 Å². The number of likely N-dealkylation sites (N-methyl/N-ethyl adjacent to an activating group) is 1. The fraction of sp³-hybridized carbons (Fsp3) is 0.333. The molecule has 0 N–H and O–H groups in total. The fourth-order valence-electron chi connectivity index (χ4n) is 2.20. The molecule has 2 heterocycles. The summed E-state index contributed by atoms with van der Waals surface area (Å²) in [5.74, 6) is 0. The standard InChI is InChI=1S/C15H19N5/c1-18-8-10-20(11-9-18)17-12-14-2-4-15(5-3-14)19-7-6-16-13-19/h2-7,12-13H,8-11H2,1H3/b17-12+. The Hall–Kier alpha value is -2.14. The van der Waals surface area contributed by atoms with E-state index in [4.69, 9.17) is 0 Å². The molecular formula is C15H19N5. The number of piperazine rings is 1. The Morgan fingerprint density at radius 1 is 1.10 bits per heavy atom. The third-order valence-corrected chi connectivity index (χ3v) is 3.55. The fourth-order valence-corrected chi connectivity index (χ4v) is 2.20. The summed E-state index contributed by atoms with van der Waals surface area (Å²) in [6, 6.07) is 8.31. The number of hydrogen-bond donors (Lipinski definition) is 0. The van der Waals surface area contributed by atoms with Crippen molar-refractivity contribution in [3.05, 3.63) is 48.5 Å². The summed E-state index contributed by atoms with van der Waals surface area (Å²) < 4.78 is 1.99. The van der Waals surface area contributed by atoms with Gasteiger partial charge in [-0.2, -0.15) is 5.10 Å². The highest BCUT2D eigenvalue weighted by Gasteiger charge is 2.10. The summed E-state index contributed by atoms with van der Waals surface area (Å²) >= 11 is 0. The predicted molar refractivity (Wildman–Crippen MR) is 80.2 cm³/mol. The second-order valence-electron chi connectivity index (χ2n) is 5.06. The van der Waals surface area contributed by atoms with Crippen molar-refractivity contribution in [1.29, 1.82) is 0 Å². The van der Waals surface area contributed by atoms with Crippen molar-refractivity contribution in [1.82, 2.24) is 19.5 Å². The molecule has 0 bridgehead atoms. The van der Waals surface area contributed by atoms with E-state index in [1.54, 1.807) is 12.5 Å². The molecule has 1 aliphatic heterocycles. The molecule has 1 fully saturated rings. The number of nitrogens with zero attached hydrogens (tertiary/aromatic N) is 5. The molecule has 1 aromatic heterocycles. The molecule has 1 aliphatic rings. The van der Waals surface area contributed by atoms with Crippen molar-refractivity contribution in [3.63, 3.8) is 0 Å². The van der Waals surface area contributed by atoms with E-state index in [1.807, 2.05) is 17.0 Å². The Morgan fingerprint density at radius 3 is 2.50 bits per heavy atom. The van der Waals surface area contributed by atoms with Crippen molar-refractivity contribution in [2.75, 3.05) is 33.2 Å². The molecule has 1 aromatic carbocycles. The van der Waals surface area contributed by atoms with Gasteiger partial charge in [0.1, 0.15) is 0 Å². The van der Waals surface area contributed by atoms with Crippen LogP contribution in [0.1, 0.15) is 5.56 Å². The molecule has 0 spiro atoms. The maximum absolute atomic E-state index is 4.54. The molecule has 5 heteroatoms. The van der Waals surface area contributed by atoms with Crippen molar-refractivity contribution >= 4 is 6.21 Å². The highest BCUT2D eigenvalue weighted by atomic mass is 15.5. The third-order valence-electron chi connectivity index (χ3n) is 3.55. The van der Waals surface area contributed by atoms with E-state index in [0.29, 0.717) is 0 Å². The van der Waals surface area contributed by atoms with Gasteiger partial charge in [0.15, 0.2) is 0 Å². The number of hydrogen-bond acceptors (Lipinski definition) is 4. The zero-order valence-electron chi connectivity index (χ0n) is 11.7. The maximum atomic E-state index is 4.54. The van der Waals surface area contributed by atoms with Crippen LogP contribution in [-0.2, 0) is 0 Å². The minimum Gasteiger partial charge on any atom is -0.306 e. The lowest BCUT2D eigenvalue weighted by molar-refractivity contribution is 0.159. The number of benzene rings is 1. The monoisotopic (exact) mass is 269 g/mol. The Morgan fingerprint density at radius 2 is 1.85 bits per heavy atom. The molecule has 0 amide bonds. The first-order valence-electron chi connectivity index (χ1n) is 6.87. The SMILES string of the molecule is CN1CCN(/N=C/c2ccc(-n3ccnc3)cc2)CC1. The third kappa shape index (κ3) is 3.05. The molecule has 5 nitrogen and oxygen atoms in total. The number of rotatable bonds is 3. The van der Waals surface area contributed by atoms with Crippen LogP contribution in [0.4, 0.5) is 0 Å². The molecular weight excluding hydrogens is 250 g/mol. The van der Waals surface area contributed by atoms with E-state index in [0.717, 1.165) is 37.4 Å². The van der Waals surface area contributed by atoms with Crippen LogP contribution in [0.2, 0.25) is 0 Å². The van der Waals surface area contributed by atoms with Crippen LogP contribution in [-0.4, -0.2) is 58.9 Å². The molecule has 0 aliphatic carbocycles. The maximum Gasteiger partial charge on any atom is 0.0991 e. The predicted octanol–water partition coefficient (Wildman–Crippen LogP) is 1.45. The molecule has 0 radical (unpaired) electrons. The molecule has 0 unspecified atom stereocenters. The quantitative estimate of drug-likeness (QED) is 0.791. The summed E-state index contributed by atoms with van der Waals surface area (Å²) in [6.45, 7) is 4.16. The summed E-state index contributed by atoms with van der Waals surface area (Å²) in [5, 5.41) is 6.67. The number of hydrazone groups is 1. The van der Waals surface area contributed by atoms with E-state index in [1.165, 1.54) is 0 Å². The number of imidazole rings is 1. The molecule has 0 saturated carbocycles. The Bertz CT molecular complexity index is 550. The summed E-state index contributed by atoms with van der Waals surface area (Å²) in [4.78, 5) is 6.38. The van der Waals surface area contributed by atoms with E-state index >= 15 is 0 Å². The lowest BCUT2D eigenvalue weighted by Crippen LogP contribution is -2.41. The van der Waals surface area contributed by atoms with Crippen molar-refractivity contribution in [2.24, 2.45) is 5.10 Å². The van der Waals surface area contributed by atoms with Gasteiger partial charge in [-0.1, -0.05) is 12.1 Å². The normalized spacial score (nSPS) is 16.9. The largest absolute Gasteiger partial charge is 0.306 e. The molecule has 0 atom stereocenters. The Kier molecular flexibility index (Phi) is 3.78. The van der Waals surface area contributed by atoms with Gasteiger partial charge in [0.2, 0.25) is 0 Å². The first-order chi connectivity index (χ1) is 9.81. The summed E-state index contributed by atoms with van der Waals surface area (Å²) in [5.41, 5.74) is 2.23. The van der Waals surface area contributed by atoms with Gasteiger partial charge in [-0.25, -0.2) is 4.98 Å². The van der Waals surface area contributed by atoms with E-state index in [9.17, 15) is 0 Å². The summed E-state index contributed by atoms with van der Waals surface area (Å²) in [6.07, 6.45) is 7.45. The van der Waals surface area contributed by atoms with Gasteiger partial charge in [0, 0.05) is 44.3 Å². The lowest BCUT2D eigenvalue weighted by atomic mass is 10.2. The van der Waals surface area contributed by atoms with E-state index < -0.39 is 0 Å². The first-order valence-corrected chi connectivity index (χ1v) is 6.87. The Labute approximate surface area is 119 Å². The van der Waals surface area contributed by atoms with Gasteiger partial charge in [0.25, 0.3) is 0 Å². The van der Waals surface area contributed by atoms with Crippen molar-refractivity contribution < 1.29 is 0 Å². The van der Waals surface area contributed by atoms with Crippen molar-refractivity contribution in [3.8, 4) is 5.69 Å². The van der Waals surface area contributed by atoms with Gasteiger partial charge in [-0.05, 0) is 24.7 Å². The van der Waals surface area contributed by atoms with Crippen LogP contribution in [0.25, 0.3) is 5.69 Å². The average molecular weight is 269 g/mol. The minimum atomic E-state index is 1.00. The highest BCUT2D eigenvalue weighted by molar-refractivity contribution is 5.79. The Balaban J connectivity index is 1.63. The molecule has 3 rings (SSSR count). The van der Waals surface area contributed by atoms with Crippen LogP contribution in [0.15, 0.2) is 48.1 Å². The molecule has 20 heavy (non-hydrogen) atoms. The average Bonchev–Trinajstić information content (AvgIpc) is 3.01. The van der Waals surface area contributed by atoms with Crippen LogP contribution in [0.3, 0.4) is 0 Å². The van der Waals surface area contributed by atoms with Gasteiger partial charge in [0.05, 0.1) is 12.5 Å². The highest BCUT2D eigenvalue weighted by Crippen LogP contribution is 2.08. The van der Waals surface area contributed by atoms with Crippen LogP contribution in [0, 0.1) is 0 Å². The van der Waals surface area contributed by atoms with Gasteiger partial charge >= 0.3 is 0 Å². The number of aromatic nitrogens is 2. The molecule has 2 aromatic rings. The molecule has 104 valence electrons. The topological polar surface area (TPSA) is 36.7 Å². The second-order valence-corrected chi connectivity index (χ2v) is 5.06. The second kappa shape index (κ2) is 5.88. The van der Waals surface area contributed by atoms with Crippen LogP contribution < -0.4 is 0 Å². The van der Waals surface area contributed by atoms with Gasteiger partial charge < -0.3 is 9.47 Å².